The van der Waals surface area contributed by atoms with Gasteiger partial charge in [0.05, 0.1) is 16.0 Å². The maximum Gasteiger partial charge on any atom is 0.315 e. The van der Waals surface area contributed by atoms with Crippen molar-refractivity contribution in [3.05, 3.63) is 56.9 Å². The molecule has 2 aromatic carbocycles. The molecule has 1 aromatic heterocycles. The van der Waals surface area contributed by atoms with E-state index in [-0.39, 0.29) is 11.3 Å². The second-order valence-corrected chi connectivity index (χ2v) is 4.55. The van der Waals surface area contributed by atoms with Crippen LogP contribution in [0, 0.1) is 10.1 Å². The SMILES string of the molecule is O=c1[nH]c2ccccc2nc1-c1cc(O)c(O)c([N+](=O)[O-])c1. The van der Waals surface area contributed by atoms with Crippen molar-refractivity contribution in [2.75, 3.05) is 0 Å². The lowest BCUT2D eigenvalue weighted by Gasteiger charge is -2.05. The molecule has 110 valence electrons. The highest BCUT2D eigenvalue weighted by atomic mass is 16.6. The lowest BCUT2D eigenvalue weighted by atomic mass is 10.1. The second kappa shape index (κ2) is 4.85. The molecule has 0 amide bonds. The molecular weight excluding hydrogens is 290 g/mol. The minimum absolute atomic E-state index is 0.0361. The smallest absolute Gasteiger partial charge is 0.315 e. The van der Waals surface area contributed by atoms with Gasteiger partial charge in [-0.15, -0.1) is 0 Å². The van der Waals surface area contributed by atoms with Crippen LogP contribution in [-0.4, -0.2) is 25.1 Å². The van der Waals surface area contributed by atoms with Gasteiger partial charge in [-0.2, -0.15) is 0 Å². The number of nitrogens with zero attached hydrogens (tertiary/aromatic N) is 2. The van der Waals surface area contributed by atoms with E-state index in [9.17, 15) is 25.1 Å². The van der Waals surface area contributed by atoms with Gasteiger partial charge in [-0.1, -0.05) is 12.1 Å². The fraction of sp³-hybridized carbons (Fsp3) is 0. The normalized spacial score (nSPS) is 10.7. The number of phenols is 2. The molecule has 22 heavy (non-hydrogen) atoms. The Morgan fingerprint density at radius 3 is 2.64 bits per heavy atom. The van der Waals surface area contributed by atoms with Crippen LogP contribution < -0.4 is 5.56 Å². The quantitative estimate of drug-likeness (QED) is 0.376. The van der Waals surface area contributed by atoms with Crippen molar-refractivity contribution < 1.29 is 15.1 Å². The molecular formula is C14H9N3O5. The van der Waals surface area contributed by atoms with E-state index in [2.05, 4.69) is 9.97 Å². The standard InChI is InChI=1S/C14H9N3O5/c18-11-6-7(5-10(13(11)19)17(21)22)12-14(20)16-9-4-2-1-3-8(9)15-12/h1-6,18-19H,(H,16,20). The van der Waals surface area contributed by atoms with Crippen molar-refractivity contribution in [1.82, 2.24) is 9.97 Å². The number of hydrogen-bond donors (Lipinski definition) is 3. The molecule has 1 heterocycles. The van der Waals surface area contributed by atoms with E-state index in [1.54, 1.807) is 24.3 Å². The second-order valence-electron chi connectivity index (χ2n) is 4.55. The molecule has 0 spiro atoms. The maximum atomic E-state index is 12.1. The van der Waals surface area contributed by atoms with Crippen molar-refractivity contribution in [1.29, 1.82) is 0 Å². The third kappa shape index (κ3) is 2.12. The van der Waals surface area contributed by atoms with Gasteiger partial charge < -0.3 is 15.2 Å². The van der Waals surface area contributed by atoms with Gasteiger partial charge in [0.2, 0.25) is 5.75 Å². The number of nitro benzene ring substituents is 1. The Balaban J connectivity index is 2.30. The molecule has 0 aliphatic carbocycles. The minimum Gasteiger partial charge on any atom is -0.504 e. The number of H-pyrrole nitrogens is 1. The van der Waals surface area contributed by atoms with Gasteiger partial charge in [-0.3, -0.25) is 14.9 Å². The highest BCUT2D eigenvalue weighted by Gasteiger charge is 2.21. The first-order chi connectivity index (χ1) is 10.5. The van der Waals surface area contributed by atoms with Crippen molar-refractivity contribution >= 4 is 16.7 Å². The van der Waals surface area contributed by atoms with Crippen molar-refractivity contribution in [2.45, 2.75) is 0 Å². The number of nitrogens with one attached hydrogen (secondary N) is 1. The highest BCUT2D eigenvalue weighted by molar-refractivity contribution is 5.78. The zero-order valence-electron chi connectivity index (χ0n) is 11.0. The molecule has 0 saturated heterocycles. The number of nitro groups is 1. The van der Waals surface area contributed by atoms with Gasteiger partial charge in [-0.05, 0) is 18.2 Å². The summed E-state index contributed by atoms with van der Waals surface area (Å²) < 4.78 is 0. The third-order valence-electron chi connectivity index (χ3n) is 3.14. The van der Waals surface area contributed by atoms with Crippen LogP contribution in [0.15, 0.2) is 41.2 Å². The number of hydrogen-bond acceptors (Lipinski definition) is 6. The summed E-state index contributed by atoms with van der Waals surface area (Å²) in [4.78, 5) is 28.9. The van der Waals surface area contributed by atoms with Gasteiger partial charge in [0.15, 0.2) is 5.75 Å². The van der Waals surface area contributed by atoms with E-state index >= 15 is 0 Å². The van der Waals surface area contributed by atoms with Crippen molar-refractivity contribution in [3.63, 3.8) is 0 Å². The molecule has 3 aromatic rings. The average molecular weight is 299 g/mol. The Kier molecular flexibility index (Phi) is 2.99. The van der Waals surface area contributed by atoms with Gasteiger partial charge in [0.25, 0.3) is 5.56 Å². The Morgan fingerprint density at radius 1 is 1.18 bits per heavy atom. The summed E-state index contributed by atoms with van der Waals surface area (Å²) in [5, 5.41) is 30.0. The summed E-state index contributed by atoms with van der Waals surface area (Å²) in [6.45, 7) is 0. The van der Waals surface area contributed by atoms with Gasteiger partial charge in [0.1, 0.15) is 5.69 Å². The first-order valence-corrected chi connectivity index (χ1v) is 6.17. The van der Waals surface area contributed by atoms with E-state index < -0.39 is 27.7 Å². The summed E-state index contributed by atoms with van der Waals surface area (Å²) >= 11 is 0. The summed E-state index contributed by atoms with van der Waals surface area (Å²) in [5.41, 5.74) is -0.297. The molecule has 3 N–H and O–H groups in total. The predicted molar refractivity (Wildman–Crippen MR) is 77.8 cm³/mol. The van der Waals surface area contributed by atoms with Crippen LogP contribution in [0.5, 0.6) is 11.5 Å². The van der Waals surface area contributed by atoms with Gasteiger partial charge >= 0.3 is 5.69 Å². The molecule has 0 atom stereocenters. The minimum atomic E-state index is -0.856. The molecule has 0 bridgehead atoms. The Hall–Kier alpha value is -3.42. The highest BCUT2D eigenvalue weighted by Crippen LogP contribution is 2.38. The van der Waals surface area contributed by atoms with E-state index in [1.165, 1.54) is 0 Å². The van der Waals surface area contributed by atoms with Crippen molar-refractivity contribution in [3.8, 4) is 22.8 Å². The Morgan fingerprint density at radius 2 is 1.91 bits per heavy atom. The number of fused-ring (bicyclic) bond motifs is 1. The van der Waals surface area contributed by atoms with Crippen LogP contribution in [0.4, 0.5) is 5.69 Å². The molecule has 0 aliphatic rings. The summed E-state index contributed by atoms with van der Waals surface area (Å²) in [7, 11) is 0. The fourth-order valence-corrected chi connectivity index (χ4v) is 2.11. The molecule has 8 heteroatoms. The number of para-hydroxylation sites is 2. The third-order valence-corrected chi connectivity index (χ3v) is 3.14. The summed E-state index contributed by atoms with van der Waals surface area (Å²) in [5.74, 6) is -1.55. The first kappa shape index (κ1) is 13.6. The van der Waals surface area contributed by atoms with Gasteiger partial charge in [-0.25, -0.2) is 4.98 Å². The van der Waals surface area contributed by atoms with Crippen molar-refractivity contribution in [2.24, 2.45) is 0 Å². The zero-order valence-corrected chi connectivity index (χ0v) is 11.0. The lowest BCUT2D eigenvalue weighted by molar-refractivity contribution is -0.385. The van der Waals surface area contributed by atoms with Crippen LogP contribution >= 0.6 is 0 Å². The zero-order chi connectivity index (χ0) is 15.9. The molecule has 3 rings (SSSR count). The van der Waals surface area contributed by atoms with Crippen LogP contribution in [0.25, 0.3) is 22.3 Å². The first-order valence-electron chi connectivity index (χ1n) is 6.17. The van der Waals surface area contributed by atoms with E-state index in [0.29, 0.717) is 11.0 Å². The molecule has 0 radical (unpaired) electrons. The monoisotopic (exact) mass is 299 g/mol. The number of phenolic OH excluding ortho intramolecular Hbond substituents is 2. The molecule has 8 nitrogen and oxygen atoms in total. The fourth-order valence-electron chi connectivity index (χ4n) is 2.11. The average Bonchev–Trinajstić information content (AvgIpc) is 2.49. The largest absolute Gasteiger partial charge is 0.504 e. The topological polar surface area (TPSA) is 129 Å². The molecule has 0 saturated carbocycles. The molecule has 0 unspecified atom stereocenters. The number of aromatic amines is 1. The molecule has 0 fully saturated rings. The lowest BCUT2D eigenvalue weighted by Crippen LogP contribution is -2.11. The van der Waals surface area contributed by atoms with E-state index in [0.717, 1.165) is 12.1 Å². The Labute approximate surface area is 122 Å². The van der Waals surface area contributed by atoms with E-state index in [4.69, 9.17) is 0 Å². The molecule has 0 aliphatic heterocycles. The van der Waals surface area contributed by atoms with Crippen LogP contribution in [0.2, 0.25) is 0 Å². The number of aromatic hydroxyl groups is 2. The van der Waals surface area contributed by atoms with Gasteiger partial charge in [0, 0.05) is 11.6 Å². The van der Waals surface area contributed by atoms with Crippen LogP contribution in [0.1, 0.15) is 0 Å². The van der Waals surface area contributed by atoms with Crippen LogP contribution in [0.3, 0.4) is 0 Å². The number of rotatable bonds is 2. The number of benzene rings is 2. The summed E-state index contributed by atoms with van der Waals surface area (Å²) in [6.07, 6.45) is 0. The predicted octanol–water partition coefficient (Wildman–Crippen LogP) is 1.91. The maximum absolute atomic E-state index is 12.1. The number of aromatic nitrogens is 2. The summed E-state index contributed by atoms with van der Waals surface area (Å²) in [6, 6.07) is 8.84. The van der Waals surface area contributed by atoms with Crippen LogP contribution in [-0.2, 0) is 0 Å². The van der Waals surface area contributed by atoms with E-state index in [1.807, 2.05) is 0 Å². The Bertz CT molecular complexity index is 964.